The Bertz CT molecular complexity index is 1030. The minimum Gasteiger partial charge on any atom is -0.294 e. The summed E-state index contributed by atoms with van der Waals surface area (Å²) in [4.78, 5) is 42.2. The van der Waals surface area contributed by atoms with Crippen LogP contribution in [0, 0.1) is 0 Å². The van der Waals surface area contributed by atoms with Gasteiger partial charge in [-0.05, 0) is 13.0 Å². The average Bonchev–Trinajstić information content (AvgIpc) is 2.57. The molecule has 3 aromatic rings. The van der Waals surface area contributed by atoms with Gasteiger partial charge in [-0.15, -0.1) is 0 Å². The lowest BCUT2D eigenvalue weighted by Crippen LogP contribution is -2.25. The van der Waals surface area contributed by atoms with E-state index in [0.717, 1.165) is 0 Å². The average molecular weight is 301 g/mol. The van der Waals surface area contributed by atoms with Crippen molar-refractivity contribution in [1.29, 1.82) is 0 Å². The number of aromatic nitrogens is 1. The number of hydrogen-bond donors (Lipinski definition) is 0. The molecule has 0 aliphatic heterocycles. The van der Waals surface area contributed by atoms with Crippen LogP contribution >= 0.6 is 0 Å². The fourth-order valence-corrected chi connectivity index (χ4v) is 3.10. The van der Waals surface area contributed by atoms with Gasteiger partial charge in [-0.3, -0.25) is 14.4 Å². The Hall–Kier alpha value is -3.14. The Morgan fingerprint density at radius 3 is 2.17 bits per heavy atom. The molecule has 4 rings (SSSR count). The molecule has 0 unspecified atom stereocenters. The van der Waals surface area contributed by atoms with Gasteiger partial charge in [-0.1, -0.05) is 42.5 Å². The summed E-state index contributed by atoms with van der Waals surface area (Å²) in [7, 11) is 0. The largest absolute Gasteiger partial charge is 0.294 e. The van der Waals surface area contributed by atoms with Gasteiger partial charge in [-0.2, -0.15) is 0 Å². The van der Waals surface area contributed by atoms with Crippen molar-refractivity contribution in [3.63, 3.8) is 0 Å². The number of hydrogen-bond acceptors (Lipinski definition) is 4. The molecule has 23 heavy (non-hydrogen) atoms. The minimum atomic E-state index is -0.321. The maximum absolute atomic E-state index is 12.9. The molecular weight excluding hydrogens is 290 g/mol. The predicted molar refractivity (Wildman–Crippen MR) is 85.1 cm³/mol. The molecule has 4 nitrogen and oxygen atoms in total. The molecule has 0 amide bonds. The molecule has 0 N–H and O–H groups in total. The number of para-hydroxylation sites is 1. The van der Waals surface area contributed by atoms with E-state index < -0.39 is 0 Å². The van der Waals surface area contributed by atoms with Crippen LogP contribution in [0.25, 0.3) is 10.9 Å². The third-order valence-corrected chi connectivity index (χ3v) is 4.10. The third-order valence-electron chi connectivity index (χ3n) is 4.10. The molecular formula is C19H11NO3. The van der Waals surface area contributed by atoms with Crippen LogP contribution in [-0.4, -0.2) is 22.3 Å². The molecule has 0 atom stereocenters. The molecule has 1 heterocycles. The monoisotopic (exact) mass is 301 g/mol. The van der Waals surface area contributed by atoms with E-state index in [1.807, 2.05) is 0 Å². The summed E-state index contributed by atoms with van der Waals surface area (Å²) in [6, 6.07) is 13.7. The van der Waals surface area contributed by atoms with Crippen LogP contribution in [0.15, 0.2) is 48.5 Å². The third kappa shape index (κ3) is 1.78. The molecule has 1 aliphatic rings. The summed E-state index contributed by atoms with van der Waals surface area (Å²) >= 11 is 0. The lowest BCUT2D eigenvalue weighted by atomic mass is 9.83. The van der Waals surface area contributed by atoms with Gasteiger partial charge in [0.1, 0.15) is 5.69 Å². The predicted octanol–water partition coefficient (Wildman–Crippen LogP) is 3.21. The first-order valence-electron chi connectivity index (χ1n) is 7.21. The number of rotatable bonds is 1. The molecule has 4 heteroatoms. The summed E-state index contributed by atoms with van der Waals surface area (Å²) in [5, 5.41) is 0.597. The van der Waals surface area contributed by atoms with Gasteiger partial charge in [-0.25, -0.2) is 4.98 Å². The highest BCUT2D eigenvalue weighted by atomic mass is 16.1. The van der Waals surface area contributed by atoms with E-state index >= 15 is 0 Å². The summed E-state index contributed by atoms with van der Waals surface area (Å²) < 4.78 is 0. The molecule has 0 bridgehead atoms. The zero-order chi connectivity index (χ0) is 16.1. The molecule has 2 aromatic carbocycles. The molecule has 110 valence electrons. The Labute approximate surface area is 131 Å². The van der Waals surface area contributed by atoms with Gasteiger partial charge in [0.15, 0.2) is 11.6 Å². The van der Waals surface area contributed by atoms with Gasteiger partial charge in [0.05, 0.1) is 11.1 Å². The molecule has 1 aromatic heterocycles. The van der Waals surface area contributed by atoms with Crippen molar-refractivity contribution in [2.75, 3.05) is 0 Å². The van der Waals surface area contributed by atoms with E-state index in [4.69, 9.17) is 0 Å². The smallest absolute Gasteiger partial charge is 0.212 e. The molecule has 1 aliphatic carbocycles. The topological polar surface area (TPSA) is 64.1 Å². The summed E-state index contributed by atoms with van der Waals surface area (Å²) in [5.41, 5.74) is 1.67. The quantitative estimate of drug-likeness (QED) is 0.506. The molecule has 0 fully saturated rings. The Morgan fingerprint density at radius 1 is 0.870 bits per heavy atom. The van der Waals surface area contributed by atoms with Crippen molar-refractivity contribution in [2.24, 2.45) is 0 Å². The van der Waals surface area contributed by atoms with Crippen molar-refractivity contribution in [1.82, 2.24) is 4.98 Å². The lowest BCUT2D eigenvalue weighted by Gasteiger charge is -2.20. The van der Waals surface area contributed by atoms with Crippen molar-refractivity contribution < 1.29 is 14.4 Å². The van der Waals surface area contributed by atoms with Gasteiger partial charge in [0.25, 0.3) is 0 Å². The molecule has 0 spiro atoms. The first-order valence-corrected chi connectivity index (χ1v) is 7.21. The van der Waals surface area contributed by atoms with Crippen molar-refractivity contribution in [3.05, 3.63) is 76.5 Å². The highest BCUT2D eigenvalue weighted by Crippen LogP contribution is 2.32. The van der Waals surface area contributed by atoms with E-state index in [1.54, 1.807) is 48.5 Å². The normalized spacial score (nSPS) is 12.9. The maximum Gasteiger partial charge on any atom is 0.212 e. The van der Waals surface area contributed by atoms with Crippen LogP contribution < -0.4 is 0 Å². The van der Waals surface area contributed by atoms with Crippen LogP contribution in [0.5, 0.6) is 0 Å². The zero-order valence-corrected chi connectivity index (χ0v) is 12.3. The number of benzene rings is 2. The van der Waals surface area contributed by atoms with Crippen LogP contribution in [0.3, 0.4) is 0 Å². The van der Waals surface area contributed by atoms with E-state index in [1.165, 1.54) is 6.92 Å². The number of fused-ring (bicyclic) bond motifs is 3. The molecule has 0 radical (unpaired) electrons. The second-order valence-corrected chi connectivity index (χ2v) is 5.49. The van der Waals surface area contributed by atoms with Gasteiger partial charge < -0.3 is 0 Å². The minimum absolute atomic E-state index is 0.0672. The highest BCUT2D eigenvalue weighted by Gasteiger charge is 2.34. The Balaban J connectivity index is 2.18. The second-order valence-electron chi connectivity index (χ2n) is 5.49. The standard InChI is InChI=1S/C19H11NO3/c1-10(21)15-13-8-4-5-9-14(13)20-17-16(15)18(22)11-6-2-3-7-12(11)19(17)23/h2-9H,1H3. The second kappa shape index (κ2) is 4.68. The fraction of sp³-hybridized carbons (Fsp3) is 0.0526. The van der Waals surface area contributed by atoms with Crippen molar-refractivity contribution in [3.8, 4) is 0 Å². The lowest BCUT2D eigenvalue weighted by molar-refractivity contribution is 0.0965. The summed E-state index contributed by atoms with van der Waals surface area (Å²) in [6.07, 6.45) is 0. The van der Waals surface area contributed by atoms with Crippen LogP contribution in [0.2, 0.25) is 0 Å². The number of nitrogens with zero attached hydrogens (tertiary/aromatic N) is 1. The van der Waals surface area contributed by atoms with E-state index in [0.29, 0.717) is 22.0 Å². The fourth-order valence-electron chi connectivity index (χ4n) is 3.10. The van der Waals surface area contributed by atoms with Crippen LogP contribution in [0.4, 0.5) is 0 Å². The van der Waals surface area contributed by atoms with Crippen molar-refractivity contribution in [2.45, 2.75) is 6.92 Å². The Kier molecular flexibility index (Phi) is 2.75. The van der Waals surface area contributed by atoms with Gasteiger partial charge in [0.2, 0.25) is 5.78 Å². The van der Waals surface area contributed by atoms with E-state index in [2.05, 4.69) is 4.98 Å². The summed E-state index contributed by atoms with van der Waals surface area (Å²) in [6.45, 7) is 1.40. The zero-order valence-electron chi connectivity index (χ0n) is 12.3. The van der Waals surface area contributed by atoms with E-state index in [9.17, 15) is 14.4 Å². The van der Waals surface area contributed by atoms with Crippen LogP contribution in [0.1, 0.15) is 49.3 Å². The number of Topliss-reactive ketones (excluding diaryl/α,β-unsaturated/α-hetero) is 1. The first-order chi connectivity index (χ1) is 11.1. The van der Waals surface area contributed by atoms with Gasteiger partial charge in [0, 0.05) is 22.1 Å². The number of ketones is 3. The Morgan fingerprint density at radius 2 is 1.48 bits per heavy atom. The highest BCUT2D eigenvalue weighted by molar-refractivity contribution is 6.32. The molecule has 0 saturated heterocycles. The van der Waals surface area contributed by atoms with Crippen molar-refractivity contribution >= 4 is 28.3 Å². The number of carbonyl (C=O) groups excluding carboxylic acids is 3. The maximum atomic E-state index is 12.9. The molecule has 0 saturated carbocycles. The SMILES string of the molecule is CC(=O)c1c2c(nc3ccccc13)C(=O)c1ccccc1C2=O. The first kappa shape index (κ1) is 13.5. The number of carbonyl (C=O) groups is 3. The van der Waals surface area contributed by atoms with Crippen LogP contribution in [-0.2, 0) is 0 Å². The van der Waals surface area contributed by atoms with E-state index in [-0.39, 0.29) is 34.2 Å². The number of pyridine rings is 1. The van der Waals surface area contributed by atoms with Gasteiger partial charge >= 0.3 is 0 Å². The summed E-state index contributed by atoms with van der Waals surface area (Å²) in [5.74, 6) is -0.887.